The van der Waals surface area contributed by atoms with E-state index in [0.29, 0.717) is 21.5 Å². The Balaban J connectivity index is 1.92. The first-order chi connectivity index (χ1) is 11.9. The second-order valence-corrected chi connectivity index (χ2v) is 5.87. The van der Waals surface area contributed by atoms with E-state index < -0.39 is 17.9 Å². The summed E-state index contributed by atoms with van der Waals surface area (Å²) in [6.07, 6.45) is -0.825. The molecule has 8 heteroatoms. The monoisotopic (exact) mass is 382 g/mol. The predicted molar refractivity (Wildman–Crippen MR) is 95.2 cm³/mol. The summed E-state index contributed by atoms with van der Waals surface area (Å²) >= 11 is 11.6. The summed E-state index contributed by atoms with van der Waals surface area (Å²) in [5.74, 6) is -0.278. The van der Waals surface area contributed by atoms with E-state index in [9.17, 15) is 9.59 Å². The number of amides is 2. The predicted octanol–water partition coefficient (Wildman–Crippen LogP) is 3.23. The zero-order valence-corrected chi connectivity index (χ0v) is 15.0. The number of methoxy groups -OCH3 is 1. The first-order valence-electron chi connectivity index (χ1n) is 7.26. The summed E-state index contributed by atoms with van der Waals surface area (Å²) in [6, 6.07) is 11.1. The molecule has 0 saturated heterocycles. The van der Waals surface area contributed by atoms with Crippen molar-refractivity contribution in [2.45, 2.75) is 13.0 Å². The number of hydrogen-bond acceptors (Lipinski definition) is 4. The van der Waals surface area contributed by atoms with Crippen LogP contribution in [0.1, 0.15) is 17.3 Å². The van der Waals surface area contributed by atoms with E-state index in [1.165, 1.54) is 19.2 Å². The smallest absolute Gasteiger partial charge is 0.279 e. The lowest BCUT2D eigenvalue weighted by Gasteiger charge is -2.15. The molecule has 1 unspecified atom stereocenters. The van der Waals surface area contributed by atoms with Crippen LogP contribution in [0.2, 0.25) is 10.0 Å². The summed E-state index contributed by atoms with van der Waals surface area (Å²) in [5, 5.41) is 0.996. The highest BCUT2D eigenvalue weighted by molar-refractivity contribution is 6.31. The van der Waals surface area contributed by atoms with E-state index in [0.717, 1.165) is 0 Å². The van der Waals surface area contributed by atoms with Crippen LogP contribution in [0, 0.1) is 0 Å². The number of halogens is 2. The maximum absolute atomic E-state index is 12.2. The molecule has 0 saturated carbocycles. The van der Waals surface area contributed by atoms with E-state index >= 15 is 0 Å². The zero-order valence-electron chi connectivity index (χ0n) is 13.5. The number of hydrazine groups is 1. The molecule has 6 nitrogen and oxygen atoms in total. The lowest BCUT2D eigenvalue weighted by molar-refractivity contribution is -0.128. The Morgan fingerprint density at radius 3 is 2.28 bits per heavy atom. The Hall–Kier alpha value is -2.44. The van der Waals surface area contributed by atoms with Gasteiger partial charge in [0, 0.05) is 10.0 Å². The van der Waals surface area contributed by atoms with Gasteiger partial charge in [-0.05, 0) is 49.4 Å². The van der Waals surface area contributed by atoms with Crippen molar-refractivity contribution in [1.82, 2.24) is 10.9 Å². The molecule has 2 rings (SSSR count). The van der Waals surface area contributed by atoms with Crippen molar-refractivity contribution >= 4 is 35.0 Å². The van der Waals surface area contributed by atoms with Gasteiger partial charge in [0.2, 0.25) is 0 Å². The van der Waals surface area contributed by atoms with Crippen molar-refractivity contribution in [3.05, 3.63) is 58.1 Å². The number of nitrogens with one attached hydrogen (secondary N) is 2. The Morgan fingerprint density at radius 2 is 1.64 bits per heavy atom. The first-order valence-corrected chi connectivity index (χ1v) is 8.02. The lowest BCUT2D eigenvalue weighted by atomic mass is 10.2. The van der Waals surface area contributed by atoms with Crippen molar-refractivity contribution < 1.29 is 19.1 Å². The summed E-state index contributed by atoms with van der Waals surface area (Å²) in [6.45, 7) is 1.55. The van der Waals surface area contributed by atoms with Crippen molar-refractivity contribution in [3.8, 4) is 11.5 Å². The van der Waals surface area contributed by atoms with Gasteiger partial charge < -0.3 is 9.47 Å². The number of rotatable bonds is 5. The zero-order chi connectivity index (χ0) is 18.4. The summed E-state index contributed by atoms with van der Waals surface area (Å²) in [7, 11) is 1.42. The molecule has 0 aliphatic carbocycles. The van der Waals surface area contributed by atoms with Crippen molar-refractivity contribution in [3.63, 3.8) is 0 Å². The van der Waals surface area contributed by atoms with Crippen LogP contribution < -0.4 is 20.3 Å². The minimum atomic E-state index is -0.825. The van der Waals surface area contributed by atoms with E-state index in [1.54, 1.807) is 37.3 Å². The molecule has 0 bridgehead atoms. The van der Waals surface area contributed by atoms with E-state index in [-0.39, 0.29) is 5.56 Å². The molecule has 0 heterocycles. The largest absolute Gasteiger partial charge is 0.496 e. The third kappa shape index (κ3) is 5.27. The fraction of sp³-hybridized carbons (Fsp3) is 0.176. The topological polar surface area (TPSA) is 76.7 Å². The number of benzene rings is 2. The lowest BCUT2D eigenvalue weighted by Crippen LogP contribution is -2.47. The highest BCUT2D eigenvalue weighted by Crippen LogP contribution is 2.22. The van der Waals surface area contributed by atoms with Gasteiger partial charge in [0.25, 0.3) is 11.8 Å². The fourth-order valence-electron chi connectivity index (χ4n) is 1.91. The van der Waals surface area contributed by atoms with E-state index in [2.05, 4.69) is 10.9 Å². The van der Waals surface area contributed by atoms with Gasteiger partial charge in [-0.2, -0.15) is 0 Å². The third-order valence-electron chi connectivity index (χ3n) is 3.20. The second kappa shape index (κ2) is 8.60. The molecule has 2 amide bonds. The maximum atomic E-state index is 12.2. The molecule has 0 radical (unpaired) electrons. The van der Waals surface area contributed by atoms with Crippen LogP contribution in [-0.2, 0) is 4.79 Å². The normalized spacial score (nSPS) is 11.4. The second-order valence-electron chi connectivity index (χ2n) is 5.00. The molecule has 2 aromatic carbocycles. The third-order valence-corrected chi connectivity index (χ3v) is 3.69. The van der Waals surface area contributed by atoms with Gasteiger partial charge in [0.05, 0.1) is 12.7 Å². The van der Waals surface area contributed by atoms with Gasteiger partial charge in [-0.15, -0.1) is 0 Å². The van der Waals surface area contributed by atoms with Gasteiger partial charge in [0.15, 0.2) is 6.10 Å². The average molecular weight is 383 g/mol. The first kappa shape index (κ1) is 18.9. The van der Waals surface area contributed by atoms with Gasteiger partial charge in [0.1, 0.15) is 11.5 Å². The highest BCUT2D eigenvalue weighted by Gasteiger charge is 2.17. The van der Waals surface area contributed by atoms with Crippen LogP contribution >= 0.6 is 23.2 Å². The molecule has 1 atom stereocenters. The quantitative estimate of drug-likeness (QED) is 0.778. The molecule has 132 valence electrons. The minimum Gasteiger partial charge on any atom is -0.496 e. The summed E-state index contributed by atoms with van der Waals surface area (Å²) < 4.78 is 10.6. The molecule has 25 heavy (non-hydrogen) atoms. The molecule has 0 aliphatic rings. The van der Waals surface area contributed by atoms with E-state index in [4.69, 9.17) is 32.7 Å². The van der Waals surface area contributed by atoms with Crippen molar-refractivity contribution in [1.29, 1.82) is 0 Å². The molecule has 0 aliphatic heterocycles. The Labute approximate surface area is 155 Å². The number of ether oxygens (including phenoxy) is 2. The fourth-order valence-corrected chi connectivity index (χ4v) is 2.20. The molecule has 0 aromatic heterocycles. The molecule has 2 N–H and O–H groups in total. The van der Waals surface area contributed by atoms with Gasteiger partial charge in [-0.3, -0.25) is 20.4 Å². The molecule has 0 spiro atoms. The molecular weight excluding hydrogens is 367 g/mol. The number of carbonyl (C=O) groups is 2. The molecular formula is C17H16Cl2N2O4. The SMILES string of the molecule is COc1cc(Cl)ccc1C(=O)NNC(=O)C(C)Oc1ccc(Cl)cc1. The standard InChI is InChI=1S/C17H16Cl2N2O4/c1-10(25-13-6-3-11(18)4-7-13)16(22)20-21-17(23)14-8-5-12(19)9-15(14)24-2/h3-10H,1-2H3,(H,20,22)(H,21,23). The average Bonchev–Trinajstić information content (AvgIpc) is 2.61. The Morgan fingerprint density at radius 1 is 1.00 bits per heavy atom. The van der Waals surface area contributed by atoms with Crippen molar-refractivity contribution in [2.24, 2.45) is 0 Å². The van der Waals surface area contributed by atoms with Crippen LogP contribution in [0.15, 0.2) is 42.5 Å². The minimum absolute atomic E-state index is 0.235. The van der Waals surface area contributed by atoms with Crippen molar-refractivity contribution in [2.75, 3.05) is 7.11 Å². The van der Waals surface area contributed by atoms with Crippen LogP contribution in [0.4, 0.5) is 0 Å². The van der Waals surface area contributed by atoms with Gasteiger partial charge in [-0.25, -0.2) is 0 Å². The maximum Gasteiger partial charge on any atom is 0.279 e. The van der Waals surface area contributed by atoms with Crippen LogP contribution in [0.5, 0.6) is 11.5 Å². The molecule has 0 fully saturated rings. The van der Waals surface area contributed by atoms with E-state index in [1.807, 2.05) is 0 Å². The molecule has 2 aromatic rings. The highest BCUT2D eigenvalue weighted by atomic mass is 35.5. The van der Waals surface area contributed by atoms with Crippen LogP contribution in [0.25, 0.3) is 0 Å². The summed E-state index contributed by atoms with van der Waals surface area (Å²) in [5.41, 5.74) is 4.84. The number of hydrogen-bond donors (Lipinski definition) is 2. The Bertz CT molecular complexity index is 766. The van der Waals surface area contributed by atoms with Gasteiger partial charge in [-0.1, -0.05) is 23.2 Å². The van der Waals surface area contributed by atoms with Crippen LogP contribution in [0.3, 0.4) is 0 Å². The number of carbonyl (C=O) groups excluding carboxylic acids is 2. The van der Waals surface area contributed by atoms with Gasteiger partial charge >= 0.3 is 0 Å². The Kier molecular flexibility index (Phi) is 6.50. The van der Waals surface area contributed by atoms with Crippen LogP contribution in [-0.4, -0.2) is 25.0 Å². The summed E-state index contributed by atoms with van der Waals surface area (Å²) in [4.78, 5) is 24.2.